The second-order valence-electron chi connectivity index (χ2n) is 5.88. The highest BCUT2D eigenvalue weighted by Crippen LogP contribution is 2.31. The van der Waals surface area contributed by atoms with Gasteiger partial charge in [0.1, 0.15) is 0 Å². The molecule has 0 fully saturated rings. The predicted octanol–water partition coefficient (Wildman–Crippen LogP) is 1.89. The van der Waals surface area contributed by atoms with Crippen molar-refractivity contribution < 1.29 is 9.53 Å². The number of fused-ring (bicyclic) bond motifs is 2. The number of H-pyrrole nitrogens is 1. The Labute approximate surface area is 129 Å². The van der Waals surface area contributed by atoms with Crippen LogP contribution >= 0.6 is 0 Å². The molecule has 6 nitrogen and oxygen atoms in total. The molecule has 22 heavy (non-hydrogen) atoms. The van der Waals surface area contributed by atoms with Crippen molar-refractivity contribution in [2.75, 3.05) is 13.2 Å². The lowest BCUT2D eigenvalue weighted by Gasteiger charge is -2.36. The molecule has 2 aromatic heterocycles. The Balaban J connectivity index is 1.67. The van der Waals surface area contributed by atoms with Crippen LogP contribution in [0.1, 0.15) is 46.8 Å². The first-order valence-corrected chi connectivity index (χ1v) is 7.89. The highest BCUT2D eigenvalue weighted by atomic mass is 16.5. The average Bonchev–Trinajstić information content (AvgIpc) is 3.19. The van der Waals surface area contributed by atoms with Crippen LogP contribution in [0.4, 0.5) is 0 Å². The van der Waals surface area contributed by atoms with Gasteiger partial charge in [0.15, 0.2) is 5.69 Å². The molecule has 0 aliphatic carbocycles. The number of aromatic nitrogens is 3. The lowest BCUT2D eigenvalue weighted by atomic mass is 10.0. The Bertz CT molecular complexity index is 703. The molecule has 2 aliphatic heterocycles. The summed E-state index contributed by atoms with van der Waals surface area (Å²) in [5.74, 6) is 0.0160. The number of ether oxygens (including phenoxy) is 1. The van der Waals surface area contributed by atoms with Gasteiger partial charge in [0.2, 0.25) is 0 Å². The van der Waals surface area contributed by atoms with Gasteiger partial charge in [0, 0.05) is 42.7 Å². The number of rotatable bonds is 2. The molecule has 0 bridgehead atoms. The van der Waals surface area contributed by atoms with Crippen LogP contribution in [0.3, 0.4) is 0 Å². The number of nitrogens with one attached hydrogen (secondary N) is 1. The van der Waals surface area contributed by atoms with Crippen LogP contribution in [0, 0.1) is 0 Å². The van der Waals surface area contributed by atoms with Crippen LogP contribution in [0.25, 0.3) is 0 Å². The zero-order valence-corrected chi connectivity index (χ0v) is 12.7. The molecular weight excluding hydrogens is 280 g/mol. The highest BCUT2D eigenvalue weighted by molar-refractivity contribution is 5.94. The molecule has 1 amide bonds. The van der Waals surface area contributed by atoms with E-state index in [-0.39, 0.29) is 11.9 Å². The smallest absolute Gasteiger partial charge is 0.275 e. The van der Waals surface area contributed by atoms with Crippen LogP contribution in [0.15, 0.2) is 18.3 Å². The summed E-state index contributed by atoms with van der Waals surface area (Å²) >= 11 is 0. The lowest BCUT2D eigenvalue weighted by Crippen LogP contribution is -2.42. The normalized spacial score (nSPS) is 20.6. The molecule has 0 radical (unpaired) electrons. The molecule has 4 heterocycles. The topological polar surface area (TPSA) is 63.2 Å². The molecule has 116 valence electrons. The fourth-order valence-electron chi connectivity index (χ4n) is 3.56. The maximum absolute atomic E-state index is 13.0. The van der Waals surface area contributed by atoms with Crippen molar-refractivity contribution in [2.24, 2.45) is 0 Å². The zero-order chi connectivity index (χ0) is 15.1. The van der Waals surface area contributed by atoms with Crippen molar-refractivity contribution >= 4 is 5.91 Å². The summed E-state index contributed by atoms with van der Waals surface area (Å²) in [5.41, 5.74) is 3.73. The van der Waals surface area contributed by atoms with Crippen LogP contribution in [-0.4, -0.2) is 38.7 Å². The summed E-state index contributed by atoms with van der Waals surface area (Å²) < 4.78 is 7.73. The SMILES string of the molecule is CCC1c2cccn2CCN1C(=O)c1n[nH]c2c1COCC2. The first-order chi connectivity index (χ1) is 10.8. The second-order valence-corrected chi connectivity index (χ2v) is 5.88. The molecular formula is C16H20N4O2. The third-order valence-electron chi connectivity index (χ3n) is 4.71. The third kappa shape index (κ3) is 1.98. The summed E-state index contributed by atoms with van der Waals surface area (Å²) in [4.78, 5) is 15.0. The molecule has 0 spiro atoms. The summed E-state index contributed by atoms with van der Waals surface area (Å²) in [7, 11) is 0. The van der Waals surface area contributed by atoms with Gasteiger partial charge in [0.25, 0.3) is 5.91 Å². The molecule has 0 saturated heterocycles. The molecule has 0 aromatic carbocycles. The van der Waals surface area contributed by atoms with Crippen molar-refractivity contribution in [1.29, 1.82) is 0 Å². The maximum Gasteiger partial charge on any atom is 0.275 e. The van der Waals surface area contributed by atoms with Gasteiger partial charge >= 0.3 is 0 Å². The standard InChI is InChI=1S/C16H20N4O2/c1-2-13-14-4-3-6-19(14)7-8-20(13)16(21)15-11-10-22-9-5-12(11)17-18-15/h3-4,6,13H,2,5,7-10H2,1H3,(H,17,18). The fraction of sp³-hybridized carbons (Fsp3) is 0.500. The van der Waals surface area contributed by atoms with Gasteiger partial charge in [-0.3, -0.25) is 9.89 Å². The molecule has 1 unspecified atom stereocenters. The van der Waals surface area contributed by atoms with Crippen molar-refractivity contribution in [3.8, 4) is 0 Å². The molecule has 2 aliphatic rings. The zero-order valence-electron chi connectivity index (χ0n) is 12.7. The molecule has 0 saturated carbocycles. The number of aromatic amines is 1. The van der Waals surface area contributed by atoms with E-state index in [0.717, 1.165) is 37.2 Å². The Morgan fingerprint density at radius 1 is 1.50 bits per heavy atom. The third-order valence-corrected chi connectivity index (χ3v) is 4.71. The van der Waals surface area contributed by atoms with E-state index in [0.29, 0.717) is 18.9 Å². The Hall–Kier alpha value is -2.08. The average molecular weight is 300 g/mol. The number of hydrogen-bond donors (Lipinski definition) is 1. The second kappa shape index (κ2) is 5.28. The Kier molecular flexibility index (Phi) is 3.26. The molecule has 1 N–H and O–H groups in total. The van der Waals surface area contributed by atoms with Gasteiger partial charge in [-0.25, -0.2) is 0 Å². The quantitative estimate of drug-likeness (QED) is 0.921. The van der Waals surface area contributed by atoms with Crippen LogP contribution < -0.4 is 0 Å². The van der Waals surface area contributed by atoms with Crippen molar-refractivity contribution in [3.05, 3.63) is 41.0 Å². The highest BCUT2D eigenvalue weighted by Gasteiger charge is 2.33. The number of nitrogens with zero attached hydrogens (tertiary/aromatic N) is 3. The van der Waals surface area contributed by atoms with E-state index in [1.807, 2.05) is 4.90 Å². The van der Waals surface area contributed by atoms with Crippen molar-refractivity contribution in [2.45, 2.75) is 39.0 Å². The first-order valence-electron chi connectivity index (χ1n) is 7.89. The minimum absolute atomic E-state index is 0.0160. The van der Waals surface area contributed by atoms with Gasteiger partial charge in [-0.1, -0.05) is 6.92 Å². The van der Waals surface area contributed by atoms with E-state index < -0.39 is 0 Å². The largest absolute Gasteiger partial charge is 0.376 e. The van der Waals surface area contributed by atoms with E-state index in [1.54, 1.807) is 0 Å². The summed E-state index contributed by atoms with van der Waals surface area (Å²) in [5, 5.41) is 7.29. The minimum atomic E-state index is 0.0160. The Morgan fingerprint density at radius 2 is 2.41 bits per heavy atom. The van der Waals surface area contributed by atoms with E-state index >= 15 is 0 Å². The number of amides is 1. The summed E-state index contributed by atoms with van der Waals surface area (Å²) in [6.45, 7) is 4.86. The van der Waals surface area contributed by atoms with E-state index in [9.17, 15) is 4.79 Å². The molecule has 4 rings (SSSR count). The van der Waals surface area contributed by atoms with E-state index in [2.05, 4.69) is 40.0 Å². The molecule has 6 heteroatoms. The molecule has 1 atom stereocenters. The summed E-state index contributed by atoms with van der Waals surface area (Å²) in [6.07, 6.45) is 3.79. The number of carbonyl (C=O) groups is 1. The van der Waals surface area contributed by atoms with Crippen LogP contribution in [0.5, 0.6) is 0 Å². The number of hydrogen-bond acceptors (Lipinski definition) is 3. The first kappa shape index (κ1) is 13.6. The van der Waals surface area contributed by atoms with Crippen LogP contribution in [-0.2, 0) is 24.3 Å². The van der Waals surface area contributed by atoms with Crippen LogP contribution in [0.2, 0.25) is 0 Å². The Morgan fingerprint density at radius 3 is 3.27 bits per heavy atom. The number of carbonyl (C=O) groups excluding carboxylic acids is 1. The van der Waals surface area contributed by atoms with Gasteiger partial charge in [-0.05, 0) is 18.6 Å². The van der Waals surface area contributed by atoms with Gasteiger partial charge in [0.05, 0.1) is 19.3 Å². The minimum Gasteiger partial charge on any atom is -0.376 e. The fourth-order valence-corrected chi connectivity index (χ4v) is 3.56. The summed E-state index contributed by atoms with van der Waals surface area (Å²) in [6, 6.07) is 4.28. The maximum atomic E-state index is 13.0. The van der Waals surface area contributed by atoms with Gasteiger partial charge in [-0.15, -0.1) is 0 Å². The lowest BCUT2D eigenvalue weighted by molar-refractivity contribution is 0.0601. The van der Waals surface area contributed by atoms with E-state index in [1.165, 1.54) is 5.69 Å². The van der Waals surface area contributed by atoms with Crippen molar-refractivity contribution in [3.63, 3.8) is 0 Å². The predicted molar refractivity (Wildman–Crippen MR) is 80.4 cm³/mol. The van der Waals surface area contributed by atoms with Gasteiger partial charge in [-0.2, -0.15) is 5.10 Å². The van der Waals surface area contributed by atoms with E-state index in [4.69, 9.17) is 4.74 Å². The van der Waals surface area contributed by atoms with Crippen molar-refractivity contribution in [1.82, 2.24) is 19.7 Å². The van der Waals surface area contributed by atoms with Gasteiger partial charge < -0.3 is 14.2 Å². The monoisotopic (exact) mass is 300 g/mol. The molecule has 2 aromatic rings.